The zero-order valence-corrected chi connectivity index (χ0v) is 9.02. The minimum atomic E-state index is -0.730. The third kappa shape index (κ3) is 2.80. The van der Waals surface area contributed by atoms with Gasteiger partial charge in [-0.1, -0.05) is 0 Å². The molecule has 1 fully saturated rings. The third-order valence-corrected chi connectivity index (χ3v) is 2.68. The lowest BCUT2D eigenvalue weighted by molar-refractivity contribution is -0.0544. The fourth-order valence-corrected chi connectivity index (χ4v) is 1.63. The van der Waals surface area contributed by atoms with E-state index in [1.807, 2.05) is 0 Å². The smallest absolute Gasteiger partial charge is 0.224 e. The quantitative estimate of drug-likeness (QED) is 0.669. The monoisotopic (exact) mass is 224 g/mol. The van der Waals surface area contributed by atoms with Crippen LogP contribution in [0.15, 0.2) is 12.3 Å². The summed E-state index contributed by atoms with van der Waals surface area (Å²) in [5.74, 6) is 0.858. The van der Waals surface area contributed by atoms with Gasteiger partial charge < -0.3 is 20.9 Å². The van der Waals surface area contributed by atoms with Crippen LogP contribution < -0.4 is 11.1 Å². The molecule has 0 unspecified atom stereocenters. The molecule has 1 aromatic rings. The summed E-state index contributed by atoms with van der Waals surface area (Å²) in [6.07, 6.45) is 2.84. The maximum Gasteiger partial charge on any atom is 0.224 e. The number of aliphatic hydroxyl groups is 1. The van der Waals surface area contributed by atoms with Gasteiger partial charge in [-0.2, -0.15) is 4.98 Å². The zero-order valence-electron chi connectivity index (χ0n) is 9.02. The predicted octanol–water partition coefficient (Wildman–Crippen LogP) is 0.0122. The number of nitrogens with two attached hydrogens (primary N) is 1. The van der Waals surface area contributed by atoms with Gasteiger partial charge >= 0.3 is 0 Å². The minimum Gasteiger partial charge on any atom is -0.388 e. The van der Waals surface area contributed by atoms with Gasteiger partial charge in [0.2, 0.25) is 5.95 Å². The highest BCUT2D eigenvalue weighted by atomic mass is 16.5. The van der Waals surface area contributed by atoms with Gasteiger partial charge in [0.15, 0.2) is 0 Å². The van der Waals surface area contributed by atoms with Crippen molar-refractivity contribution in [1.29, 1.82) is 0 Å². The summed E-state index contributed by atoms with van der Waals surface area (Å²) in [5, 5.41) is 13.2. The molecule has 0 atom stereocenters. The Labute approximate surface area is 93.9 Å². The molecule has 0 bridgehead atoms. The molecule has 88 valence electrons. The van der Waals surface area contributed by atoms with Gasteiger partial charge in [0.05, 0.1) is 5.60 Å². The fraction of sp³-hybridized carbons (Fsp3) is 0.600. The van der Waals surface area contributed by atoms with E-state index in [2.05, 4.69) is 15.3 Å². The highest BCUT2D eigenvalue weighted by molar-refractivity contribution is 5.35. The highest BCUT2D eigenvalue weighted by Crippen LogP contribution is 2.20. The number of hydrogen-bond donors (Lipinski definition) is 3. The fourth-order valence-electron chi connectivity index (χ4n) is 1.63. The lowest BCUT2D eigenvalue weighted by atomic mass is 9.94. The van der Waals surface area contributed by atoms with Crippen molar-refractivity contribution in [2.24, 2.45) is 0 Å². The maximum absolute atomic E-state index is 10.2. The van der Waals surface area contributed by atoms with Gasteiger partial charge in [-0.15, -0.1) is 0 Å². The van der Waals surface area contributed by atoms with Gasteiger partial charge in [0.25, 0.3) is 0 Å². The van der Waals surface area contributed by atoms with E-state index < -0.39 is 5.60 Å². The summed E-state index contributed by atoms with van der Waals surface area (Å²) in [6.45, 7) is 1.60. The van der Waals surface area contributed by atoms with Crippen LogP contribution in [0.4, 0.5) is 11.8 Å². The SMILES string of the molecule is Nc1ccnc(NCC2(O)CCOCC2)n1. The number of rotatable bonds is 3. The summed E-state index contributed by atoms with van der Waals surface area (Å²) in [6, 6.07) is 1.62. The second-order valence-corrected chi connectivity index (χ2v) is 4.00. The van der Waals surface area contributed by atoms with Crippen molar-refractivity contribution in [3.8, 4) is 0 Å². The van der Waals surface area contributed by atoms with Crippen molar-refractivity contribution in [1.82, 2.24) is 9.97 Å². The Morgan fingerprint density at radius 3 is 2.94 bits per heavy atom. The van der Waals surface area contributed by atoms with Crippen molar-refractivity contribution >= 4 is 11.8 Å². The highest BCUT2D eigenvalue weighted by Gasteiger charge is 2.29. The maximum atomic E-state index is 10.2. The van der Waals surface area contributed by atoms with Crippen LogP contribution >= 0.6 is 0 Å². The molecule has 0 radical (unpaired) electrons. The molecule has 1 saturated heterocycles. The van der Waals surface area contributed by atoms with Crippen molar-refractivity contribution in [3.05, 3.63) is 12.3 Å². The zero-order chi connectivity index (χ0) is 11.4. The number of nitrogens with one attached hydrogen (secondary N) is 1. The third-order valence-electron chi connectivity index (χ3n) is 2.68. The second kappa shape index (κ2) is 4.63. The summed E-state index contributed by atoms with van der Waals surface area (Å²) in [7, 11) is 0. The van der Waals surface area contributed by atoms with Crippen LogP contribution in [0.2, 0.25) is 0 Å². The normalized spacial score (nSPS) is 19.3. The molecule has 6 heteroatoms. The standard InChI is InChI=1S/C10H16N4O2/c11-8-1-4-12-9(14-8)13-7-10(15)2-5-16-6-3-10/h1,4,15H,2-3,5-7H2,(H3,11,12,13,14). The molecular weight excluding hydrogens is 208 g/mol. The molecular formula is C10H16N4O2. The molecule has 16 heavy (non-hydrogen) atoms. The molecule has 2 heterocycles. The van der Waals surface area contributed by atoms with Gasteiger partial charge in [0.1, 0.15) is 5.82 Å². The van der Waals surface area contributed by atoms with E-state index in [1.54, 1.807) is 12.3 Å². The molecule has 1 aromatic heterocycles. The van der Waals surface area contributed by atoms with E-state index in [9.17, 15) is 5.11 Å². The summed E-state index contributed by atoms with van der Waals surface area (Å²) < 4.78 is 5.20. The molecule has 0 saturated carbocycles. The van der Waals surface area contributed by atoms with Crippen LogP contribution in [0.25, 0.3) is 0 Å². The number of hydrogen-bond acceptors (Lipinski definition) is 6. The van der Waals surface area contributed by atoms with Gasteiger partial charge in [-0.05, 0) is 6.07 Å². The molecule has 0 spiro atoms. The average Bonchev–Trinajstić information content (AvgIpc) is 2.28. The lowest BCUT2D eigenvalue weighted by Crippen LogP contribution is -2.42. The Bertz CT molecular complexity index is 352. The van der Waals surface area contributed by atoms with Crippen LogP contribution in [0.5, 0.6) is 0 Å². The first-order valence-electron chi connectivity index (χ1n) is 5.30. The Kier molecular flexibility index (Phi) is 3.21. The van der Waals surface area contributed by atoms with Crippen molar-refractivity contribution in [3.63, 3.8) is 0 Å². The minimum absolute atomic E-state index is 0.413. The Morgan fingerprint density at radius 1 is 1.50 bits per heavy atom. The average molecular weight is 224 g/mol. The molecule has 1 aliphatic heterocycles. The number of nitrogens with zero attached hydrogens (tertiary/aromatic N) is 2. The van der Waals surface area contributed by atoms with E-state index in [4.69, 9.17) is 10.5 Å². The number of aromatic nitrogens is 2. The van der Waals surface area contributed by atoms with Crippen LogP contribution in [0, 0.1) is 0 Å². The molecule has 2 rings (SSSR count). The van der Waals surface area contributed by atoms with E-state index in [1.165, 1.54) is 0 Å². The molecule has 0 aliphatic carbocycles. The Hall–Kier alpha value is -1.40. The molecule has 0 aromatic carbocycles. The van der Waals surface area contributed by atoms with Gasteiger partial charge in [0, 0.05) is 38.8 Å². The predicted molar refractivity (Wildman–Crippen MR) is 59.9 cm³/mol. The Balaban J connectivity index is 1.91. The van der Waals surface area contributed by atoms with Crippen LogP contribution in [-0.2, 0) is 4.74 Å². The van der Waals surface area contributed by atoms with Gasteiger partial charge in [-0.3, -0.25) is 0 Å². The molecule has 4 N–H and O–H groups in total. The van der Waals surface area contributed by atoms with E-state index >= 15 is 0 Å². The summed E-state index contributed by atoms with van der Waals surface area (Å²) in [4.78, 5) is 8.01. The molecule has 1 aliphatic rings. The summed E-state index contributed by atoms with van der Waals surface area (Å²) in [5.41, 5.74) is 4.80. The number of nitrogen functional groups attached to an aromatic ring is 1. The van der Waals surface area contributed by atoms with Gasteiger partial charge in [-0.25, -0.2) is 4.98 Å². The first kappa shape index (κ1) is 11.1. The number of ether oxygens (including phenoxy) is 1. The second-order valence-electron chi connectivity index (χ2n) is 4.00. The molecule has 0 amide bonds. The van der Waals surface area contributed by atoms with E-state index in [0.717, 1.165) is 0 Å². The van der Waals surface area contributed by atoms with Crippen molar-refractivity contribution in [2.75, 3.05) is 30.8 Å². The topological polar surface area (TPSA) is 93.3 Å². The van der Waals surface area contributed by atoms with Crippen LogP contribution in [-0.4, -0.2) is 40.4 Å². The van der Waals surface area contributed by atoms with Crippen LogP contribution in [0.3, 0.4) is 0 Å². The first-order chi connectivity index (χ1) is 7.68. The van der Waals surface area contributed by atoms with E-state index in [0.29, 0.717) is 44.4 Å². The van der Waals surface area contributed by atoms with Crippen molar-refractivity contribution in [2.45, 2.75) is 18.4 Å². The van der Waals surface area contributed by atoms with Crippen LogP contribution in [0.1, 0.15) is 12.8 Å². The Morgan fingerprint density at radius 2 is 2.25 bits per heavy atom. The first-order valence-corrected chi connectivity index (χ1v) is 5.30. The lowest BCUT2D eigenvalue weighted by Gasteiger charge is -2.32. The van der Waals surface area contributed by atoms with Crippen molar-refractivity contribution < 1.29 is 9.84 Å². The summed E-state index contributed by atoms with van der Waals surface area (Å²) >= 11 is 0. The molecule has 6 nitrogen and oxygen atoms in total. The number of anilines is 2. The van der Waals surface area contributed by atoms with E-state index in [-0.39, 0.29) is 0 Å². The largest absolute Gasteiger partial charge is 0.388 e.